The summed E-state index contributed by atoms with van der Waals surface area (Å²) in [6.45, 7) is 8.01. The van der Waals surface area contributed by atoms with Gasteiger partial charge in [0.25, 0.3) is 0 Å². The van der Waals surface area contributed by atoms with E-state index in [-0.39, 0.29) is 17.2 Å². The lowest BCUT2D eigenvalue weighted by atomic mass is 10.0. The molecule has 1 heterocycles. The van der Waals surface area contributed by atoms with Gasteiger partial charge in [-0.25, -0.2) is 0 Å². The first-order valence-corrected chi connectivity index (χ1v) is 11.0. The van der Waals surface area contributed by atoms with Crippen LogP contribution >= 0.6 is 11.8 Å². The van der Waals surface area contributed by atoms with Gasteiger partial charge < -0.3 is 10.1 Å². The van der Waals surface area contributed by atoms with Crippen LogP contribution in [0.4, 0.5) is 0 Å². The molecule has 0 radical (unpaired) electrons. The summed E-state index contributed by atoms with van der Waals surface area (Å²) < 4.78 is 5.51. The van der Waals surface area contributed by atoms with Crippen LogP contribution in [0.1, 0.15) is 29.7 Å². The Bertz CT molecular complexity index is 747. The Balaban J connectivity index is 1.58. The molecular formula is C23H30N2O2S. The lowest BCUT2D eigenvalue weighted by molar-refractivity contribution is -0.120. The van der Waals surface area contributed by atoms with Crippen molar-refractivity contribution in [3.63, 3.8) is 0 Å². The smallest absolute Gasteiger partial charge is 0.232 e. The SMILES string of the molecule is Cc1cccc(C(CNC(=O)C(C)SCc2ccccc2)N2CCOCC2)c1. The molecular weight excluding hydrogens is 368 g/mol. The van der Waals surface area contributed by atoms with Crippen molar-refractivity contribution in [1.29, 1.82) is 0 Å². The molecule has 0 bridgehead atoms. The summed E-state index contributed by atoms with van der Waals surface area (Å²) in [6.07, 6.45) is 0. The molecule has 1 amide bonds. The second kappa shape index (κ2) is 10.6. The second-order valence-corrected chi connectivity index (χ2v) is 8.59. The average Bonchev–Trinajstić information content (AvgIpc) is 2.73. The van der Waals surface area contributed by atoms with Crippen LogP contribution in [-0.2, 0) is 15.3 Å². The van der Waals surface area contributed by atoms with Gasteiger partial charge in [-0.15, -0.1) is 11.8 Å². The zero-order valence-electron chi connectivity index (χ0n) is 16.8. The molecule has 5 heteroatoms. The van der Waals surface area contributed by atoms with E-state index in [9.17, 15) is 4.79 Å². The van der Waals surface area contributed by atoms with Gasteiger partial charge in [-0.1, -0.05) is 60.2 Å². The van der Waals surface area contributed by atoms with Crippen LogP contribution in [0.5, 0.6) is 0 Å². The van der Waals surface area contributed by atoms with Gasteiger partial charge in [0.15, 0.2) is 0 Å². The minimum Gasteiger partial charge on any atom is -0.379 e. The maximum absolute atomic E-state index is 12.7. The van der Waals surface area contributed by atoms with Crippen LogP contribution in [0.3, 0.4) is 0 Å². The number of hydrogen-bond donors (Lipinski definition) is 1. The molecule has 1 aliphatic rings. The van der Waals surface area contributed by atoms with Gasteiger partial charge in [-0.3, -0.25) is 9.69 Å². The zero-order chi connectivity index (χ0) is 19.8. The molecule has 1 fully saturated rings. The molecule has 2 atom stereocenters. The van der Waals surface area contributed by atoms with Crippen molar-refractivity contribution in [2.24, 2.45) is 0 Å². The predicted molar refractivity (Wildman–Crippen MR) is 117 cm³/mol. The van der Waals surface area contributed by atoms with E-state index in [2.05, 4.69) is 53.5 Å². The van der Waals surface area contributed by atoms with E-state index in [1.165, 1.54) is 16.7 Å². The third kappa shape index (κ3) is 6.09. The van der Waals surface area contributed by atoms with E-state index in [1.54, 1.807) is 11.8 Å². The topological polar surface area (TPSA) is 41.6 Å². The summed E-state index contributed by atoms with van der Waals surface area (Å²) >= 11 is 1.68. The number of carbonyl (C=O) groups excluding carboxylic acids is 1. The van der Waals surface area contributed by atoms with Crippen LogP contribution in [0, 0.1) is 6.92 Å². The molecule has 0 saturated carbocycles. The molecule has 2 aromatic carbocycles. The van der Waals surface area contributed by atoms with Crippen molar-refractivity contribution in [3.8, 4) is 0 Å². The van der Waals surface area contributed by atoms with E-state index < -0.39 is 0 Å². The molecule has 3 rings (SSSR count). The maximum atomic E-state index is 12.7. The molecule has 28 heavy (non-hydrogen) atoms. The molecule has 4 nitrogen and oxygen atoms in total. The number of aryl methyl sites for hydroxylation is 1. The van der Waals surface area contributed by atoms with Crippen molar-refractivity contribution < 1.29 is 9.53 Å². The number of thioether (sulfide) groups is 1. The van der Waals surface area contributed by atoms with Gasteiger partial charge in [0.1, 0.15) is 0 Å². The Kier molecular flexibility index (Phi) is 7.95. The summed E-state index contributed by atoms with van der Waals surface area (Å²) in [5.74, 6) is 0.951. The normalized spacial score (nSPS) is 17.1. The maximum Gasteiger partial charge on any atom is 0.232 e. The molecule has 2 unspecified atom stereocenters. The fourth-order valence-corrected chi connectivity index (χ4v) is 4.31. The Morgan fingerprint density at radius 1 is 1.14 bits per heavy atom. The Hall–Kier alpha value is -1.82. The van der Waals surface area contributed by atoms with E-state index >= 15 is 0 Å². The largest absolute Gasteiger partial charge is 0.379 e. The van der Waals surface area contributed by atoms with Crippen LogP contribution in [0.2, 0.25) is 0 Å². The van der Waals surface area contributed by atoms with Crippen molar-refractivity contribution >= 4 is 17.7 Å². The summed E-state index contributed by atoms with van der Waals surface area (Å²) in [7, 11) is 0. The van der Waals surface area contributed by atoms with Crippen LogP contribution < -0.4 is 5.32 Å². The number of ether oxygens (including phenoxy) is 1. The molecule has 1 saturated heterocycles. The van der Waals surface area contributed by atoms with E-state index in [4.69, 9.17) is 4.74 Å². The van der Waals surface area contributed by atoms with Crippen molar-refractivity contribution in [2.75, 3.05) is 32.8 Å². The highest BCUT2D eigenvalue weighted by atomic mass is 32.2. The molecule has 2 aromatic rings. The molecule has 0 spiro atoms. The number of nitrogens with one attached hydrogen (secondary N) is 1. The first-order valence-electron chi connectivity index (χ1n) is 9.95. The van der Waals surface area contributed by atoms with E-state index in [0.29, 0.717) is 6.54 Å². The van der Waals surface area contributed by atoms with Gasteiger partial charge >= 0.3 is 0 Å². The molecule has 1 N–H and O–H groups in total. The number of morpholine rings is 1. The van der Waals surface area contributed by atoms with Crippen LogP contribution in [0.15, 0.2) is 54.6 Å². The van der Waals surface area contributed by atoms with Crippen molar-refractivity contribution in [1.82, 2.24) is 10.2 Å². The Morgan fingerprint density at radius 2 is 1.89 bits per heavy atom. The van der Waals surface area contributed by atoms with Crippen molar-refractivity contribution in [3.05, 3.63) is 71.3 Å². The van der Waals surface area contributed by atoms with Gasteiger partial charge in [0.2, 0.25) is 5.91 Å². The van der Waals surface area contributed by atoms with Crippen LogP contribution in [0.25, 0.3) is 0 Å². The lowest BCUT2D eigenvalue weighted by Gasteiger charge is -2.35. The average molecular weight is 399 g/mol. The molecule has 1 aliphatic heterocycles. The fourth-order valence-electron chi connectivity index (χ4n) is 3.44. The first-order chi connectivity index (χ1) is 13.6. The highest BCUT2D eigenvalue weighted by Crippen LogP contribution is 2.23. The second-order valence-electron chi connectivity index (χ2n) is 7.26. The van der Waals surface area contributed by atoms with E-state index in [0.717, 1.165) is 32.1 Å². The number of hydrogen-bond acceptors (Lipinski definition) is 4. The number of amides is 1. The quantitative estimate of drug-likeness (QED) is 0.734. The number of nitrogens with zero attached hydrogens (tertiary/aromatic N) is 1. The summed E-state index contributed by atoms with van der Waals surface area (Å²) in [5.41, 5.74) is 3.75. The minimum absolute atomic E-state index is 0.0805. The molecule has 0 aliphatic carbocycles. The van der Waals surface area contributed by atoms with E-state index in [1.807, 2.05) is 25.1 Å². The number of carbonyl (C=O) groups is 1. The number of rotatable bonds is 8. The number of benzene rings is 2. The first kappa shape index (κ1) is 20.9. The summed E-state index contributed by atoms with van der Waals surface area (Å²) in [5, 5.41) is 3.11. The zero-order valence-corrected chi connectivity index (χ0v) is 17.6. The predicted octanol–water partition coefficient (Wildman–Crippen LogP) is 3.81. The third-order valence-corrected chi connectivity index (χ3v) is 6.31. The van der Waals surface area contributed by atoms with Gasteiger partial charge in [0, 0.05) is 25.4 Å². The molecule has 0 aromatic heterocycles. The lowest BCUT2D eigenvalue weighted by Crippen LogP contribution is -2.44. The monoisotopic (exact) mass is 398 g/mol. The minimum atomic E-state index is -0.0805. The van der Waals surface area contributed by atoms with Gasteiger partial charge in [0.05, 0.1) is 24.5 Å². The Labute approximate surface area is 172 Å². The highest BCUT2D eigenvalue weighted by molar-refractivity contribution is 7.99. The standard InChI is InChI=1S/C23H30N2O2S/c1-18-7-6-10-21(15-18)22(25-11-13-27-14-12-25)16-24-23(26)19(2)28-17-20-8-4-3-5-9-20/h3-10,15,19,22H,11-14,16-17H2,1-2H3,(H,24,26). The Morgan fingerprint density at radius 3 is 2.61 bits per heavy atom. The molecule has 150 valence electrons. The highest BCUT2D eigenvalue weighted by Gasteiger charge is 2.24. The third-order valence-electron chi connectivity index (χ3n) is 5.10. The van der Waals surface area contributed by atoms with Crippen molar-refractivity contribution in [2.45, 2.75) is 30.9 Å². The fraction of sp³-hybridized carbons (Fsp3) is 0.435. The van der Waals surface area contributed by atoms with Gasteiger partial charge in [-0.05, 0) is 25.0 Å². The van der Waals surface area contributed by atoms with Crippen LogP contribution in [-0.4, -0.2) is 48.9 Å². The van der Waals surface area contributed by atoms with Gasteiger partial charge in [-0.2, -0.15) is 0 Å². The summed E-state index contributed by atoms with van der Waals surface area (Å²) in [6, 6.07) is 19.1. The summed E-state index contributed by atoms with van der Waals surface area (Å²) in [4.78, 5) is 15.1.